The van der Waals surface area contributed by atoms with E-state index in [0.29, 0.717) is 11.8 Å². The summed E-state index contributed by atoms with van der Waals surface area (Å²) < 4.78 is 0. The van der Waals surface area contributed by atoms with E-state index in [1.54, 1.807) is 0 Å². The second kappa shape index (κ2) is 7.43. The van der Waals surface area contributed by atoms with Crippen LogP contribution in [0.3, 0.4) is 0 Å². The van der Waals surface area contributed by atoms with E-state index >= 15 is 0 Å². The highest BCUT2D eigenvalue weighted by atomic mass is 14.8. The van der Waals surface area contributed by atoms with Gasteiger partial charge in [0.05, 0.1) is 22.4 Å². The normalized spacial score (nSPS) is 17.8. The molecule has 6 aromatic carbocycles. The van der Waals surface area contributed by atoms with Crippen LogP contribution >= 0.6 is 0 Å². The second-order valence-electron chi connectivity index (χ2n) is 11.8. The van der Waals surface area contributed by atoms with Crippen LogP contribution in [0.2, 0.25) is 0 Å². The Bertz CT molecular complexity index is 2070. The molecule has 2 nitrogen and oxygen atoms in total. The lowest BCUT2D eigenvalue weighted by atomic mass is 9.67. The second-order valence-corrected chi connectivity index (χ2v) is 11.8. The molecule has 0 fully saturated rings. The Morgan fingerprint density at radius 3 is 1.12 bits per heavy atom. The molecule has 0 amide bonds. The van der Waals surface area contributed by atoms with E-state index < -0.39 is 0 Å². The number of hydrogen-bond donors (Lipinski definition) is 0. The van der Waals surface area contributed by atoms with Crippen molar-refractivity contribution >= 4 is 64.9 Å². The van der Waals surface area contributed by atoms with Gasteiger partial charge in [-0.1, -0.05) is 48.5 Å². The molecule has 8 aromatic rings. The van der Waals surface area contributed by atoms with Gasteiger partial charge in [-0.3, -0.25) is 9.97 Å². The predicted molar refractivity (Wildman–Crippen MR) is 166 cm³/mol. The van der Waals surface area contributed by atoms with Crippen LogP contribution in [0, 0.1) is 0 Å². The summed E-state index contributed by atoms with van der Waals surface area (Å²) in [5.41, 5.74) is 7.50. The van der Waals surface area contributed by atoms with Crippen LogP contribution in [0.4, 0.5) is 0 Å². The van der Waals surface area contributed by atoms with Crippen molar-refractivity contribution in [3.8, 4) is 0 Å². The number of aromatic nitrogens is 2. The molecular weight excluding hydrogens is 484 g/mol. The molecule has 2 aromatic heterocycles. The van der Waals surface area contributed by atoms with Crippen LogP contribution in [0.5, 0.6) is 0 Å². The summed E-state index contributed by atoms with van der Waals surface area (Å²) in [6, 6.07) is 40.5. The monoisotopic (exact) mass is 508 g/mol. The Morgan fingerprint density at radius 1 is 0.375 bits per heavy atom. The van der Waals surface area contributed by atoms with E-state index in [4.69, 9.17) is 9.97 Å². The van der Waals surface area contributed by atoms with Gasteiger partial charge in [-0.15, -0.1) is 0 Å². The van der Waals surface area contributed by atoms with Crippen LogP contribution in [-0.2, 0) is 0 Å². The highest BCUT2D eigenvalue weighted by molar-refractivity contribution is 6.05. The number of benzene rings is 6. The fourth-order valence-electron chi connectivity index (χ4n) is 7.62. The van der Waals surface area contributed by atoms with Crippen molar-refractivity contribution in [2.45, 2.75) is 24.7 Å². The topological polar surface area (TPSA) is 25.8 Å². The van der Waals surface area contributed by atoms with Crippen molar-refractivity contribution in [1.82, 2.24) is 9.97 Å². The summed E-state index contributed by atoms with van der Waals surface area (Å²) in [5, 5.41) is 12.6. The molecule has 2 atom stereocenters. The molecule has 3 aliphatic rings. The predicted octanol–water partition coefficient (Wildman–Crippen LogP) is 9.77. The molecule has 2 bridgehead atoms. The maximum atomic E-state index is 5.36. The average Bonchev–Trinajstić information content (AvgIpc) is 2.99. The molecule has 2 heteroatoms. The lowest BCUT2D eigenvalue weighted by Crippen LogP contribution is -2.27. The van der Waals surface area contributed by atoms with Gasteiger partial charge in [-0.25, -0.2) is 0 Å². The number of hydrogen-bond acceptors (Lipinski definition) is 2. The van der Waals surface area contributed by atoms with Crippen LogP contribution in [0.1, 0.15) is 47.2 Å². The molecule has 40 heavy (non-hydrogen) atoms. The molecule has 3 aliphatic carbocycles. The fourth-order valence-corrected chi connectivity index (χ4v) is 7.62. The van der Waals surface area contributed by atoms with E-state index in [9.17, 15) is 0 Å². The molecule has 0 saturated carbocycles. The minimum absolute atomic E-state index is 0.316. The standard InChI is InChI=1S/C38H24N2/c1-3-7-23-13-27-19-35-29(15-25(27)11-21(23)5-1)17-33-31-9-10-32(37(33)39-35)34-18-30-16-26-12-22-6-2-4-8-24(22)14-28(26)20-36(30)40-38(31)34/h1-8,11-20,31-32H,9-10H2. The van der Waals surface area contributed by atoms with Crippen molar-refractivity contribution in [2.75, 3.05) is 0 Å². The van der Waals surface area contributed by atoms with Crippen molar-refractivity contribution in [2.24, 2.45) is 0 Å². The van der Waals surface area contributed by atoms with E-state index in [1.807, 2.05) is 0 Å². The summed E-state index contributed by atoms with van der Waals surface area (Å²) in [4.78, 5) is 10.7. The van der Waals surface area contributed by atoms with Gasteiger partial charge in [-0.2, -0.15) is 0 Å². The van der Waals surface area contributed by atoms with Gasteiger partial charge in [-0.05, 0) is 128 Å². The summed E-state index contributed by atoms with van der Waals surface area (Å²) in [7, 11) is 0. The highest BCUT2D eigenvalue weighted by Gasteiger charge is 2.40. The van der Waals surface area contributed by atoms with Gasteiger partial charge >= 0.3 is 0 Å². The molecule has 2 heterocycles. The molecule has 0 aliphatic heterocycles. The zero-order valence-corrected chi connectivity index (χ0v) is 21.9. The third kappa shape index (κ3) is 2.83. The van der Waals surface area contributed by atoms with Gasteiger partial charge < -0.3 is 0 Å². The van der Waals surface area contributed by atoms with Gasteiger partial charge in [0.2, 0.25) is 0 Å². The summed E-state index contributed by atoms with van der Waals surface area (Å²) in [5.74, 6) is 0.631. The molecule has 0 N–H and O–H groups in total. The quantitative estimate of drug-likeness (QED) is 0.191. The van der Waals surface area contributed by atoms with Gasteiger partial charge in [0.25, 0.3) is 0 Å². The van der Waals surface area contributed by atoms with Crippen LogP contribution in [0.25, 0.3) is 64.9 Å². The number of nitrogens with zero attached hydrogens (tertiary/aromatic N) is 2. The van der Waals surface area contributed by atoms with Crippen molar-refractivity contribution < 1.29 is 0 Å². The van der Waals surface area contributed by atoms with Gasteiger partial charge in [0, 0.05) is 22.6 Å². The van der Waals surface area contributed by atoms with E-state index in [-0.39, 0.29) is 0 Å². The van der Waals surface area contributed by atoms with Gasteiger partial charge in [0.15, 0.2) is 0 Å². The minimum atomic E-state index is 0.316. The average molecular weight is 509 g/mol. The number of rotatable bonds is 0. The Hall–Kier alpha value is -4.82. The lowest BCUT2D eigenvalue weighted by molar-refractivity contribution is 0.500. The Kier molecular flexibility index (Phi) is 3.91. The molecule has 2 unspecified atom stereocenters. The Morgan fingerprint density at radius 2 is 0.725 bits per heavy atom. The first-order valence-electron chi connectivity index (χ1n) is 14.3. The smallest absolute Gasteiger partial charge is 0.0712 e. The molecule has 0 saturated heterocycles. The lowest BCUT2D eigenvalue weighted by Gasteiger charge is -2.39. The van der Waals surface area contributed by atoms with Crippen LogP contribution in [-0.4, -0.2) is 9.97 Å². The van der Waals surface area contributed by atoms with Crippen molar-refractivity contribution in [3.63, 3.8) is 0 Å². The van der Waals surface area contributed by atoms with Crippen molar-refractivity contribution in [1.29, 1.82) is 0 Å². The Balaban J connectivity index is 1.18. The molecule has 0 spiro atoms. The zero-order chi connectivity index (χ0) is 25.9. The van der Waals surface area contributed by atoms with E-state index in [2.05, 4.69) is 109 Å². The third-order valence-electron chi connectivity index (χ3n) is 9.55. The number of pyridine rings is 2. The first-order valence-corrected chi connectivity index (χ1v) is 14.3. The summed E-state index contributed by atoms with van der Waals surface area (Å²) >= 11 is 0. The minimum Gasteiger partial charge on any atom is -0.252 e. The first-order chi connectivity index (χ1) is 19.7. The highest BCUT2D eigenvalue weighted by Crippen LogP contribution is 2.52. The van der Waals surface area contributed by atoms with E-state index in [0.717, 1.165) is 23.9 Å². The first kappa shape index (κ1) is 21.1. The van der Waals surface area contributed by atoms with Gasteiger partial charge in [0.1, 0.15) is 0 Å². The summed E-state index contributed by atoms with van der Waals surface area (Å²) in [6.07, 6.45) is 2.29. The SMILES string of the molecule is c1ccc2cc3cc4nc5c(cc4cc3cc2c1)C1CCC5c2cc3cc4cc5ccccc5cc4cc3nc21. The zero-order valence-electron chi connectivity index (χ0n) is 21.9. The summed E-state index contributed by atoms with van der Waals surface area (Å²) in [6.45, 7) is 0. The maximum absolute atomic E-state index is 5.36. The van der Waals surface area contributed by atoms with Crippen molar-refractivity contribution in [3.05, 3.63) is 132 Å². The molecule has 11 rings (SSSR count). The van der Waals surface area contributed by atoms with Crippen LogP contribution in [0.15, 0.2) is 109 Å². The Labute approximate surface area is 230 Å². The third-order valence-corrected chi connectivity index (χ3v) is 9.55. The molecular formula is C38H24N2. The molecule has 0 radical (unpaired) electrons. The maximum Gasteiger partial charge on any atom is 0.0712 e. The molecule has 186 valence electrons. The van der Waals surface area contributed by atoms with Crippen LogP contribution < -0.4 is 0 Å². The largest absolute Gasteiger partial charge is 0.252 e. The number of fused-ring (bicyclic) bond motifs is 7. The van der Waals surface area contributed by atoms with E-state index in [1.165, 1.54) is 76.4 Å². The fraction of sp³-hybridized carbons (Fsp3) is 0.105.